The molecular weight excluding hydrogens is 356 g/mol. The number of nitrogens with zero attached hydrogens (tertiary/aromatic N) is 1. The molecule has 0 saturated carbocycles. The van der Waals surface area contributed by atoms with E-state index in [1.807, 2.05) is 13.8 Å². The molecule has 2 aliphatic rings. The number of benzene rings is 1. The first kappa shape index (κ1) is 18.6. The van der Waals surface area contributed by atoms with E-state index in [1.165, 1.54) is 18.7 Å². The van der Waals surface area contributed by atoms with E-state index in [0.29, 0.717) is 5.56 Å². The molecule has 3 amide bonds. The Balaban J connectivity index is 1.73. The van der Waals surface area contributed by atoms with Gasteiger partial charge in [0.2, 0.25) is 17.7 Å². The lowest BCUT2D eigenvalue weighted by atomic mass is 10.00. The number of nitrogens with one attached hydrogen (secondary N) is 1. The van der Waals surface area contributed by atoms with Crippen molar-refractivity contribution >= 4 is 35.5 Å². The molecule has 3 atom stereocenters. The number of imide groups is 1. The van der Waals surface area contributed by atoms with Crippen LogP contribution in [-0.4, -0.2) is 57.5 Å². The van der Waals surface area contributed by atoms with Crippen molar-refractivity contribution < 1.29 is 28.4 Å². The molecule has 2 aliphatic heterocycles. The number of Topliss-reactive ketones (excluding diaryl/α,β-unsaturated/α-hetero) is 1. The van der Waals surface area contributed by atoms with Crippen LogP contribution >= 0.6 is 11.8 Å². The van der Waals surface area contributed by atoms with E-state index in [1.54, 1.807) is 30.3 Å². The number of carbonyl (C=O) groups is 4. The highest BCUT2D eigenvalue weighted by atomic mass is 32.2. The van der Waals surface area contributed by atoms with E-state index in [2.05, 4.69) is 5.32 Å². The summed E-state index contributed by atoms with van der Waals surface area (Å²) in [5, 5.41) is 2.18. The van der Waals surface area contributed by atoms with Gasteiger partial charge in [0, 0.05) is 12.5 Å². The Morgan fingerprint density at radius 2 is 1.92 bits per heavy atom. The van der Waals surface area contributed by atoms with Crippen LogP contribution in [0.1, 0.15) is 31.1 Å². The summed E-state index contributed by atoms with van der Waals surface area (Å²) in [6.07, 6.45) is -0.732. The van der Waals surface area contributed by atoms with Crippen LogP contribution < -0.4 is 5.32 Å². The third-order valence-electron chi connectivity index (χ3n) is 4.56. The SMILES string of the molecule is CC(=O)NC1C(=O)[N+]2(C(=O)OCC(=O)c3ccccc3)CC(C)(C)S[C@@H]12. The number of ketones is 1. The van der Waals surface area contributed by atoms with Crippen molar-refractivity contribution in [3.63, 3.8) is 0 Å². The first-order valence-corrected chi connectivity index (χ1v) is 9.18. The fourth-order valence-corrected chi connectivity index (χ4v) is 5.22. The number of quaternary nitrogens is 1. The van der Waals surface area contributed by atoms with Gasteiger partial charge in [-0.3, -0.25) is 9.59 Å². The average Bonchev–Trinajstić information content (AvgIpc) is 2.87. The van der Waals surface area contributed by atoms with E-state index >= 15 is 0 Å². The topological polar surface area (TPSA) is 89.5 Å². The molecule has 2 heterocycles. The Morgan fingerprint density at radius 3 is 2.54 bits per heavy atom. The molecule has 0 bridgehead atoms. The molecule has 1 N–H and O–H groups in total. The van der Waals surface area contributed by atoms with Crippen LogP contribution in [0.5, 0.6) is 0 Å². The lowest BCUT2D eigenvalue weighted by Crippen LogP contribution is -2.80. The molecule has 0 radical (unpaired) electrons. The quantitative estimate of drug-likeness (QED) is 0.488. The fourth-order valence-electron chi connectivity index (χ4n) is 3.52. The monoisotopic (exact) mass is 377 g/mol. The third-order valence-corrected chi connectivity index (χ3v) is 6.20. The van der Waals surface area contributed by atoms with Gasteiger partial charge in [0.25, 0.3) is 0 Å². The van der Waals surface area contributed by atoms with Crippen LogP contribution in [0.3, 0.4) is 0 Å². The minimum atomic E-state index is -0.732. The van der Waals surface area contributed by atoms with Crippen molar-refractivity contribution in [1.82, 2.24) is 5.32 Å². The second-order valence-electron chi connectivity index (χ2n) is 7.16. The van der Waals surface area contributed by atoms with Crippen molar-refractivity contribution in [2.45, 2.75) is 36.9 Å². The predicted molar refractivity (Wildman–Crippen MR) is 95.3 cm³/mol. The number of hydrogen-bond donors (Lipinski definition) is 1. The molecule has 2 fully saturated rings. The number of carbonyl (C=O) groups excluding carboxylic acids is 4. The van der Waals surface area contributed by atoms with Crippen LogP contribution in [0.25, 0.3) is 0 Å². The van der Waals surface area contributed by atoms with E-state index < -0.39 is 28.6 Å². The van der Waals surface area contributed by atoms with E-state index in [4.69, 9.17) is 4.74 Å². The number of thioether (sulfide) groups is 1. The second kappa shape index (κ2) is 6.51. The number of hydrogen-bond acceptors (Lipinski definition) is 6. The smallest absolute Gasteiger partial charge is 0.411 e. The highest BCUT2D eigenvalue weighted by Crippen LogP contribution is 2.52. The van der Waals surface area contributed by atoms with Gasteiger partial charge in [-0.15, -0.1) is 4.48 Å². The molecule has 0 aliphatic carbocycles. The van der Waals surface area contributed by atoms with E-state index in [-0.39, 0.29) is 28.9 Å². The molecule has 1 aromatic rings. The number of fused-ring (bicyclic) bond motifs is 1. The van der Waals surface area contributed by atoms with Gasteiger partial charge >= 0.3 is 12.0 Å². The van der Waals surface area contributed by atoms with Crippen molar-refractivity contribution in [2.24, 2.45) is 0 Å². The van der Waals surface area contributed by atoms with Gasteiger partial charge in [0.15, 0.2) is 12.0 Å². The first-order valence-electron chi connectivity index (χ1n) is 8.30. The van der Waals surface area contributed by atoms with Gasteiger partial charge in [-0.2, -0.15) is 4.79 Å². The highest BCUT2D eigenvalue weighted by molar-refractivity contribution is 8.01. The van der Waals surface area contributed by atoms with Crippen molar-refractivity contribution in [2.75, 3.05) is 13.2 Å². The average molecular weight is 377 g/mol. The molecule has 0 spiro atoms. The zero-order valence-electron chi connectivity index (χ0n) is 14.9. The standard InChI is InChI=1S/C18H20N2O5S/c1-11(21)19-14-15(23)20(10-18(2,3)26-16(14)20)17(24)25-9-13(22)12-7-5-4-6-8-12/h4-8,14,16H,9-10H2,1-3H3/p+1/t14?,16-,20?/m0/s1. The molecule has 1 aromatic carbocycles. The minimum absolute atomic E-state index is 0.273. The summed E-state index contributed by atoms with van der Waals surface area (Å²) >= 11 is 1.48. The van der Waals surface area contributed by atoms with E-state index in [0.717, 1.165) is 0 Å². The molecule has 2 unspecified atom stereocenters. The third kappa shape index (κ3) is 3.03. The van der Waals surface area contributed by atoms with Gasteiger partial charge in [-0.25, -0.2) is 4.79 Å². The number of rotatable bonds is 4. The van der Waals surface area contributed by atoms with Crippen LogP contribution in [0.2, 0.25) is 0 Å². The fraction of sp³-hybridized carbons (Fsp3) is 0.444. The molecule has 0 aromatic heterocycles. The lowest BCUT2D eigenvalue weighted by molar-refractivity contribution is -0.819. The van der Waals surface area contributed by atoms with Crippen LogP contribution in [-0.2, 0) is 14.3 Å². The Kier molecular flexibility index (Phi) is 4.66. The molecule has 3 rings (SSSR count). The van der Waals surface area contributed by atoms with Gasteiger partial charge in [-0.1, -0.05) is 42.1 Å². The number of ether oxygens (including phenoxy) is 1. The number of amides is 3. The zero-order chi connectivity index (χ0) is 19.1. The van der Waals surface area contributed by atoms with Crippen molar-refractivity contribution in [3.8, 4) is 0 Å². The molecule has 7 nitrogen and oxygen atoms in total. The zero-order valence-corrected chi connectivity index (χ0v) is 15.7. The van der Waals surface area contributed by atoms with Gasteiger partial charge in [0.05, 0.1) is 4.75 Å². The molecule has 138 valence electrons. The second-order valence-corrected chi connectivity index (χ2v) is 8.98. The maximum absolute atomic E-state index is 12.7. The van der Waals surface area contributed by atoms with Crippen molar-refractivity contribution in [1.29, 1.82) is 0 Å². The maximum Gasteiger partial charge on any atom is 0.525 e. The summed E-state index contributed by atoms with van der Waals surface area (Å²) < 4.78 is 4.42. The molecule has 2 saturated heterocycles. The highest BCUT2D eigenvalue weighted by Gasteiger charge is 2.76. The maximum atomic E-state index is 12.7. The molecular formula is C18H21N2O5S+. The lowest BCUT2D eigenvalue weighted by Gasteiger charge is -2.44. The van der Waals surface area contributed by atoms with Crippen molar-refractivity contribution in [3.05, 3.63) is 35.9 Å². The van der Waals surface area contributed by atoms with Gasteiger partial charge in [0.1, 0.15) is 6.54 Å². The first-order chi connectivity index (χ1) is 12.2. The minimum Gasteiger partial charge on any atom is -0.411 e. The Hall–Kier alpha value is -2.19. The largest absolute Gasteiger partial charge is 0.525 e. The van der Waals surface area contributed by atoms with Gasteiger partial charge in [-0.05, 0) is 13.8 Å². The summed E-state index contributed by atoms with van der Waals surface area (Å²) in [5.74, 6) is -1.04. The van der Waals surface area contributed by atoms with Crippen LogP contribution in [0.4, 0.5) is 4.79 Å². The Labute approximate surface area is 155 Å². The Morgan fingerprint density at radius 1 is 1.27 bits per heavy atom. The number of β-lactam (4-membered cyclic amide) rings is 1. The summed E-state index contributed by atoms with van der Waals surface area (Å²) in [4.78, 5) is 49.0. The summed E-state index contributed by atoms with van der Waals surface area (Å²) in [7, 11) is 0. The van der Waals surface area contributed by atoms with Crippen LogP contribution in [0.15, 0.2) is 30.3 Å². The molecule has 8 heteroatoms. The van der Waals surface area contributed by atoms with E-state index in [9.17, 15) is 19.2 Å². The normalized spacial score (nSPS) is 28.7. The summed E-state index contributed by atoms with van der Waals surface area (Å²) in [6.45, 7) is 5.07. The summed E-state index contributed by atoms with van der Waals surface area (Å²) in [5.41, 5.74) is 0.444. The van der Waals surface area contributed by atoms with Crippen LogP contribution in [0, 0.1) is 0 Å². The Bertz CT molecular complexity index is 779. The summed E-state index contributed by atoms with van der Waals surface area (Å²) in [6, 6.07) is 7.81. The molecule has 26 heavy (non-hydrogen) atoms. The predicted octanol–water partition coefficient (Wildman–Crippen LogP) is 1.72. The van der Waals surface area contributed by atoms with Gasteiger partial charge < -0.3 is 10.1 Å².